The predicted molar refractivity (Wildman–Crippen MR) is 82.6 cm³/mol. The number of aliphatic hydroxyl groups excluding tert-OH is 1. The third kappa shape index (κ3) is 4.70. The highest BCUT2D eigenvalue weighted by molar-refractivity contribution is 7.13. The van der Waals surface area contributed by atoms with Gasteiger partial charge in [0.2, 0.25) is 0 Å². The van der Waals surface area contributed by atoms with Gasteiger partial charge in [-0.1, -0.05) is 0 Å². The lowest BCUT2D eigenvalue weighted by Crippen LogP contribution is -2.49. The maximum atomic E-state index is 9.95. The Morgan fingerprint density at radius 2 is 2.05 bits per heavy atom. The minimum Gasteiger partial charge on any atom is -0.389 e. The number of aryl methyl sites for hydroxylation is 1. The molecule has 1 N–H and O–H groups in total. The van der Waals surface area contributed by atoms with Gasteiger partial charge < -0.3 is 14.7 Å². The molecule has 1 fully saturated rings. The van der Waals surface area contributed by atoms with Crippen LogP contribution in [0.4, 0.5) is 5.13 Å². The second-order valence-electron chi connectivity index (χ2n) is 5.60. The normalized spacial score (nSPS) is 18.8. The molecule has 2 rings (SSSR count). The Morgan fingerprint density at radius 3 is 2.60 bits per heavy atom. The molecule has 0 saturated carbocycles. The van der Waals surface area contributed by atoms with Gasteiger partial charge in [-0.2, -0.15) is 0 Å². The van der Waals surface area contributed by atoms with E-state index >= 15 is 0 Å². The number of hydrogen-bond acceptors (Lipinski definition) is 6. The van der Waals surface area contributed by atoms with E-state index in [1.54, 1.807) is 11.3 Å². The van der Waals surface area contributed by atoms with Crippen LogP contribution in [0.2, 0.25) is 0 Å². The van der Waals surface area contributed by atoms with Crippen molar-refractivity contribution in [3.63, 3.8) is 0 Å². The highest BCUT2D eigenvalue weighted by atomic mass is 32.1. The number of thiazole rings is 1. The van der Waals surface area contributed by atoms with Crippen LogP contribution < -0.4 is 4.90 Å². The first-order valence-electron chi connectivity index (χ1n) is 7.23. The average molecular weight is 299 g/mol. The smallest absolute Gasteiger partial charge is 0.185 e. The van der Waals surface area contributed by atoms with Crippen LogP contribution in [-0.2, 0) is 4.74 Å². The lowest BCUT2D eigenvalue weighted by Gasteiger charge is -2.35. The van der Waals surface area contributed by atoms with Gasteiger partial charge in [-0.3, -0.25) is 4.90 Å². The van der Waals surface area contributed by atoms with Crippen LogP contribution in [0.1, 0.15) is 19.5 Å². The molecule has 0 aromatic carbocycles. The Labute approximate surface area is 125 Å². The molecule has 6 heteroatoms. The van der Waals surface area contributed by atoms with E-state index in [0.717, 1.165) is 37.0 Å². The summed E-state index contributed by atoms with van der Waals surface area (Å²) in [5.41, 5.74) is 1.09. The third-order valence-corrected chi connectivity index (χ3v) is 4.36. The van der Waals surface area contributed by atoms with E-state index in [9.17, 15) is 5.11 Å². The molecule has 1 unspecified atom stereocenters. The fourth-order valence-corrected chi connectivity index (χ4v) is 3.12. The largest absolute Gasteiger partial charge is 0.389 e. The van der Waals surface area contributed by atoms with Crippen molar-refractivity contribution in [2.75, 3.05) is 44.2 Å². The molecule has 0 radical (unpaired) electrons. The molecule has 114 valence electrons. The van der Waals surface area contributed by atoms with Gasteiger partial charge in [0.1, 0.15) is 0 Å². The molecule has 0 amide bonds. The van der Waals surface area contributed by atoms with Crippen LogP contribution in [0.15, 0.2) is 5.38 Å². The minimum absolute atomic E-state index is 0.176. The molecule has 1 atom stereocenters. The molecule has 1 saturated heterocycles. The Morgan fingerprint density at radius 1 is 1.35 bits per heavy atom. The predicted octanol–water partition coefficient (Wildman–Crippen LogP) is 1.36. The van der Waals surface area contributed by atoms with E-state index in [-0.39, 0.29) is 6.10 Å². The summed E-state index contributed by atoms with van der Waals surface area (Å²) in [6.45, 7) is 11.0. The summed E-state index contributed by atoms with van der Waals surface area (Å²) in [5, 5.41) is 13.2. The van der Waals surface area contributed by atoms with Crippen molar-refractivity contribution in [3.05, 3.63) is 11.1 Å². The molecule has 1 aliphatic heterocycles. The molecule has 2 heterocycles. The lowest BCUT2D eigenvalue weighted by molar-refractivity contribution is -0.00899. The van der Waals surface area contributed by atoms with Crippen molar-refractivity contribution >= 4 is 16.5 Å². The van der Waals surface area contributed by atoms with Crippen molar-refractivity contribution in [3.8, 4) is 0 Å². The SMILES string of the molecule is Cc1csc(N2CCN(CC(O)COC(C)C)CC2)n1. The van der Waals surface area contributed by atoms with Crippen LogP contribution >= 0.6 is 11.3 Å². The van der Waals surface area contributed by atoms with Crippen molar-refractivity contribution in [1.29, 1.82) is 0 Å². The zero-order chi connectivity index (χ0) is 14.5. The highest BCUT2D eigenvalue weighted by Gasteiger charge is 2.21. The number of piperazine rings is 1. The first-order chi connectivity index (χ1) is 9.54. The van der Waals surface area contributed by atoms with Gasteiger partial charge in [-0.05, 0) is 20.8 Å². The summed E-state index contributed by atoms with van der Waals surface area (Å²) in [6.07, 6.45) is -0.222. The van der Waals surface area contributed by atoms with Gasteiger partial charge >= 0.3 is 0 Å². The van der Waals surface area contributed by atoms with Gasteiger partial charge in [0.05, 0.1) is 24.5 Å². The van der Waals surface area contributed by atoms with Gasteiger partial charge in [0.25, 0.3) is 0 Å². The van der Waals surface area contributed by atoms with Gasteiger partial charge in [-0.25, -0.2) is 4.98 Å². The quantitative estimate of drug-likeness (QED) is 0.859. The first kappa shape index (κ1) is 15.7. The fraction of sp³-hybridized carbons (Fsp3) is 0.786. The maximum absolute atomic E-state index is 9.95. The minimum atomic E-state index is -0.397. The Kier molecular flexibility index (Phi) is 5.77. The molecule has 0 aliphatic carbocycles. The summed E-state index contributed by atoms with van der Waals surface area (Å²) >= 11 is 1.71. The molecular formula is C14H25N3O2S. The molecule has 0 spiro atoms. The zero-order valence-corrected chi connectivity index (χ0v) is 13.4. The number of aliphatic hydroxyl groups is 1. The van der Waals surface area contributed by atoms with Crippen LogP contribution in [0.25, 0.3) is 0 Å². The molecule has 1 aromatic heterocycles. The average Bonchev–Trinajstić information content (AvgIpc) is 2.84. The second kappa shape index (κ2) is 7.36. The number of aromatic nitrogens is 1. The number of anilines is 1. The van der Waals surface area contributed by atoms with Gasteiger partial charge in [0, 0.05) is 38.1 Å². The Bertz CT molecular complexity index is 403. The van der Waals surface area contributed by atoms with Crippen molar-refractivity contribution < 1.29 is 9.84 Å². The van der Waals surface area contributed by atoms with E-state index in [1.807, 2.05) is 20.8 Å². The molecular weight excluding hydrogens is 274 g/mol. The maximum Gasteiger partial charge on any atom is 0.185 e. The lowest BCUT2D eigenvalue weighted by atomic mass is 10.2. The number of rotatable bonds is 6. The molecule has 20 heavy (non-hydrogen) atoms. The monoisotopic (exact) mass is 299 g/mol. The van der Waals surface area contributed by atoms with Crippen LogP contribution in [0.3, 0.4) is 0 Å². The first-order valence-corrected chi connectivity index (χ1v) is 8.11. The van der Waals surface area contributed by atoms with Crippen molar-refractivity contribution in [2.24, 2.45) is 0 Å². The fourth-order valence-electron chi connectivity index (χ4n) is 2.26. The molecule has 1 aromatic rings. The van der Waals surface area contributed by atoms with Crippen LogP contribution in [-0.4, -0.2) is 66.5 Å². The number of ether oxygens (including phenoxy) is 1. The van der Waals surface area contributed by atoms with E-state index in [2.05, 4.69) is 20.2 Å². The molecule has 0 bridgehead atoms. The standard InChI is InChI=1S/C14H25N3O2S/c1-11(2)19-9-13(18)8-16-4-6-17(7-5-16)14-15-12(3)10-20-14/h10-11,13,18H,4-9H2,1-3H3. The zero-order valence-electron chi connectivity index (χ0n) is 12.6. The molecule has 5 nitrogen and oxygen atoms in total. The second-order valence-corrected chi connectivity index (χ2v) is 6.43. The summed E-state index contributed by atoms with van der Waals surface area (Å²) in [7, 11) is 0. The van der Waals surface area contributed by atoms with E-state index < -0.39 is 6.10 Å². The highest BCUT2D eigenvalue weighted by Crippen LogP contribution is 2.21. The summed E-state index contributed by atoms with van der Waals surface area (Å²) in [5.74, 6) is 0. The van der Waals surface area contributed by atoms with Crippen LogP contribution in [0, 0.1) is 6.92 Å². The van der Waals surface area contributed by atoms with Gasteiger partial charge in [0.15, 0.2) is 5.13 Å². The van der Waals surface area contributed by atoms with Gasteiger partial charge in [-0.15, -0.1) is 11.3 Å². The van der Waals surface area contributed by atoms with Crippen molar-refractivity contribution in [1.82, 2.24) is 9.88 Å². The summed E-state index contributed by atoms with van der Waals surface area (Å²) in [4.78, 5) is 9.15. The van der Waals surface area contributed by atoms with E-state index in [1.165, 1.54) is 0 Å². The summed E-state index contributed by atoms with van der Waals surface area (Å²) in [6, 6.07) is 0. The van der Waals surface area contributed by atoms with E-state index in [4.69, 9.17) is 4.74 Å². The molecule has 1 aliphatic rings. The topological polar surface area (TPSA) is 48.8 Å². The van der Waals surface area contributed by atoms with Crippen LogP contribution in [0.5, 0.6) is 0 Å². The number of hydrogen-bond donors (Lipinski definition) is 1. The Hall–Kier alpha value is -0.690. The number of nitrogens with zero attached hydrogens (tertiary/aromatic N) is 3. The summed E-state index contributed by atoms with van der Waals surface area (Å²) < 4.78 is 5.44. The van der Waals surface area contributed by atoms with Crippen molar-refractivity contribution in [2.45, 2.75) is 33.0 Å². The van der Waals surface area contributed by atoms with E-state index in [0.29, 0.717) is 13.2 Å². The number of β-amino-alcohol motifs (C(OH)–C–C–N with tert-alkyl or cyclic N) is 1. The Balaban J connectivity index is 1.71. The third-order valence-electron chi connectivity index (χ3n) is 3.34.